The van der Waals surface area contributed by atoms with Gasteiger partial charge in [-0.15, -0.1) is 24.0 Å². The second kappa shape index (κ2) is 13.7. The van der Waals surface area contributed by atoms with Crippen LogP contribution in [0.3, 0.4) is 0 Å². The SMILES string of the molecule is I.OC(CNC(=NCc1ccccc1)NCCc1ccco1)c1ccc(OC(F)F)cc1. The molecule has 1 atom stereocenters. The number of aliphatic hydroxyl groups is 1. The first-order chi connectivity index (χ1) is 15.1. The molecule has 0 bridgehead atoms. The molecule has 0 amide bonds. The number of hydrogen-bond donors (Lipinski definition) is 3. The van der Waals surface area contributed by atoms with Crippen molar-refractivity contribution in [1.29, 1.82) is 0 Å². The highest BCUT2D eigenvalue weighted by Crippen LogP contribution is 2.19. The van der Waals surface area contributed by atoms with Crippen molar-refractivity contribution < 1.29 is 23.0 Å². The summed E-state index contributed by atoms with van der Waals surface area (Å²) in [6.07, 6.45) is 1.47. The molecule has 0 aliphatic heterocycles. The Morgan fingerprint density at radius 1 is 1.00 bits per heavy atom. The summed E-state index contributed by atoms with van der Waals surface area (Å²) in [5.41, 5.74) is 1.64. The van der Waals surface area contributed by atoms with Crippen LogP contribution in [-0.4, -0.2) is 30.8 Å². The monoisotopic (exact) mass is 557 g/mol. The van der Waals surface area contributed by atoms with E-state index in [-0.39, 0.29) is 36.3 Å². The molecule has 3 rings (SSSR count). The minimum Gasteiger partial charge on any atom is -0.469 e. The number of guanidine groups is 1. The van der Waals surface area contributed by atoms with Gasteiger partial charge in [0.25, 0.3) is 0 Å². The Morgan fingerprint density at radius 2 is 1.75 bits per heavy atom. The number of alkyl halides is 2. The minimum absolute atomic E-state index is 0. The average Bonchev–Trinajstić information content (AvgIpc) is 3.29. The van der Waals surface area contributed by atoms with Gasteiger partial charge in [-0.05, 0) is 35.4 Å². The molecule has 1 heterocycles. The van der Waals surface area contributed by atoms with Crippen LogP contribution in [0.5, 0.6) is 5.75 Å². The molecule has 3 aromatic rings. The standard InChI is InChI=1S/C23H25F2N3O3.HI/c24-22(25)31-20-10-8-18(9-11-20)21(29)16-28-23(26-13-12-19-7-4-14-30-19)27-15-17-5-2-1-3-6-17;/h1-11,14,21-22,29H,12-13,15-16H2,(H2,26,27,28);1H. The third-order valence-corrected chi connectivity index (χ3v) is 4.46. The molecule has 9 heteroatoms. The predicted octanol–water partition coefficient (Wildman–Crippen LogP) is 4.51. The van der Waals surface area contributed by atoms with Gasteiger partial charge in [0.05, 0.1) is 18.9 Å². The number of aliphatic hydroxyl groups excluding tert-OH is 1. The normalized spacial score (nSPS) is 12.2. The van der Waals surface area contributed by atoms with Gasteiger partial charge in [-0.25, -0.2) is 4.99 Å². The van der Waals surface area contributed by atoms with Crippen LogP contribution in [0.2, 0.25) is 0 Å². The maximum absolute atomic E-state index is 12.3. The summed E-state index contributed by atoms with van der Waals surface area (Å²) >= 11 is 0. The molecule has 6 nitrogen and oxygen atoms in total. The quantitative estimate of drug-likeness (QED) is 0.194. The number of aliphatic imine (C=N–C) groups is 1. The van der Waals surface area contributed by atoms with Crippen molar-refractivity contribution in [2.75, 3.05) is 13.1 Å². The molecule has 0 saturated carbocycles. The highest BCUT2D eigenvalue weighted by molar-refractivity contribution is 14.0. The van der Waals surface area contributed by atoms with Gasteiger partial charge in [0.1, 0.15) is 11.5 Å². The Bertz CT molecular complexity index is 923. The minimum atomic E-state index is -2.88. The Morgan fingerprint density at radius 3 is 2.41 bits per heavy atom. The fraction of sp³-hybridized carbons (Fsp3) is 0.261. The van der Waals surface area contributed by atoms with Crippen LogP contribution in [0.4, 0.5) is 8.78 Å². The molecule has 2 aromatic carbocycles. The third kappa shape index (κ3) is 8.83. The van der Waals surface area contributed by atoms with E-state index < -0.39 is 12.7 Å². The van der Waals surface area contributed by atoms with Crippen LogP contribution in [0.25, 0.3) is 0 Å². The molecular weight excluding hydrogens is 531 g/mol. The summed E-state index contributed by atoms with van der Waals surface area (Å²) in [6, 6.07) is 19.5. The van der Waals surface area contributed by atoms with Crippen LogP contribution >= 0.6 is 24.0 Å². The molecule has 1 unspecified atom stereocenters. The zero-order valence-corrected chi connectivity index (χ0v) is 19.6. The summed E-state index contributed by atoms with van der Waals surface area (Å²) in [4.78, 5) is 4.57. The lowest BCUT2D eigenvalue weighted by atomic mass is 10.1. The predicted molar refractivity (Wildman–Crippen MR) is 129 cm³/mol. The Labute approximate surface area is 202 Å². The molecule has 0 aliphatic carbocycles. The molecule has 0 saturated heterocycles. The lowest BCUT2D eigenvalue weighted by Crippen LogP contribution is -2.40. The number of hydrogen-bond acceptors (Lipinski definition) is 4. The van der Waals surface area contributed by atoms with Crippen molar-refractivity contribution in [3.8, 4) is 5.75 Å². The van der Waals surface area contributed by atoms with E-state index in [1.807, 2.05) is 42.5 Å². The van der Waals surface area contributed by atoms with E-state index in [0.29, 0.717) is 31.0 Å². The van der Waals surface area contributed by atoms with E-state index in [4.69, 9.17) is 4.42 Å². The van der Waals surface area contributed by atoms with Gasteiger partial charge in [-0.3, -0.25) is 0 Å². The highest BCUT2D eigenvalue weighted by Gasteiger charge is 2.10. The zero-order valence-electron chi connectivity index (χ0n) is 17.3. The summed E-state index contributed by atoms with van der Waals surface area (Å²) in [7, 11) is 0. The second-order valence-electron chi connectivity index (χ2n) is 6.75. The van der Waals surface area contributed by atoms with Gasteiger partial charge < -0.3 is 24.9 Å². The number of benzene rings is 2. The molecule has 32 heavy (non-hydrogen) atoms. The van der Waals surface area contributed by atoms with Crippen LogP contribution in [0.15, 0.2) is 82.4 Å². The van der Waals surface area contributed by atoms with E-state index in [9.17, 15) is 13.9 Å². The smallest absolute Gasteiger partial charge is 0.387 e. The molecule has 0 aliphatic rings. The van der Waals surface area contributed by atoms with Crippen molar-refractivity contribution >= 4 is 29.9 Å². The highest BCUT2D eigenvalue weighted by atomic mass is 127. The molecular formula is C23H26F2IN3O3. The number of rotatable bonds is 10. The molecule has 0 spiro atoms. The Kier molecular flexibility index (Phi) is 10.9. The molecule has 1 aromatic heterocycles. The van der Waals surface area contributed by atoms with E-state index in [1.165, 1.54) is 12.1 Å². The molecule has 0 radical (unpaired) electrons. The number of nitrogens with one attached hydrogen (secondary N) is 2. The largest absolute Gasteiger partial charge is 0.469 e. The maximum atomic E-state index is 12.3. The third-order valence-electron chi connectivity index (χ3n) is 4.46. The Balaban J connectivity index is 0.00000363. The molecule has 3 N–H and O–H groups in total. The van der Waals surface area contributed by atoms with Gasteiger partial charge >= 0.3 is 6.61 Å². The van der Waals surface area contributed by atoms with E-state index >= 15 is 0 Å². The first-order valence-corrected chi connectivity index (χ1v) is 9.91. The van der Waals surface area contributed by atoms with Crippen molar-refractivity contribution in [3.05, 3.63) is 89.9 Å². The van der Waals surface area contributed by atoms with E-state index in [2.05, 4.69) is 20.4 Å². The van der Waals surface area contributed by atoms with Gasteiger partial charge in [-0.1, -0.05) is 42.5 Å². The van der Waals surface area contributed by atoms with E-state index in [0.717, 1.165) is 11.3 Å². The number of nitrogens with zero attached hydrogens (tertiary/aromatic N) is 1. The first-order valence-electron chi connectivity index (χ1n) is 9.91. The van der Waals surface area contributed by atoms with Crippen molar-refractivity contribution in [2.24, 2.45) is 4.99 Å². The topological polar surface area (TPSA) is 79.0 Å². The lowest BCUT2D eigenvalue weighted by Gasteiger charge is -2.16. The van der Waals surface area contributed by atoms with Crippen molar-refractivity contribution in [1.82, 2.24) is 10.6 Å². The molecule has 0 fully saturated rings. The number of halogens is 3. The number of furan rings is 1. The van der Waals surface area contributed by atoms with Gasteiger partial charge in [-0.2, -0.15) is 8.78 Å². The summed E-state index contributed by atoms with van der Waals surface area (Å²) in [6.45, 7) is -1.61. The summed E-state index contributed by atoms with van der Waals surface area (Å²) in [5.74, 6) is 1.46. The fourth-order valence-electron chi connectivity index (χ4n) is 2.87. The van der Waals surface area contributed by atoms with Crippen LogP contribution in [0, 0.1) is 0 Å². The second-order valence-corrected chi connectivity index (χ2v) is 6.75. The van der Waals surface area contributed by atoms with Crippen molar-refractivity contribution in [2.45, 2.75) is 25.7 Å². The van der Waals surface area contributed by atoms with Gasteiger partial charge in [0, 0.05) is 19.5 Å². The first kappa shape index (κ1) is 25.6. The van der Waals surface area contributed by atoms with Crippen LogP contribution in [-0.2, 0) is 13.0 Å². The summed E-state index contributed by atoms with van der Waals surface area (Å²) < 4.78 is 34.2. The van der Waals surface area contributed by atoms with Gasteiger partial charge in [0.15, 0.2) is 5.96 Å². The lowest BCUT2D eigenvalue weighted by molar-refractivity contribution is -0.0498. The van der Waals surface area contributed by atoms with Crippen LogP contribution in [0.1, 0.15) is 23.0 Å². The maximum Gasteiger partial charge on any atom is 0.387 e. The molecule has 172 valence electrons. The Hall–Kier alpha value is -2.66. The summed E-state index contributed by atoms with van der Waals surface area (Å²) in [5, 5.41) is 16.8. The van der Waals surface area contributed by atoms with Gasteiger partial charge in [0.2, 0.25) is 0 Å². The van der Waals surface area contributed by atoms with Crippen molar-refractivity contribution in [3.63, 3.8) is 0 Å². The number of ether oxygens (including phenoxy) is 1. The average molecular weight is 557 g/mol. The zero-order chi connectivity index (χ0) is 21.9. The van der Waals surface area contributed by atoms with Crippen LogP contribution < -0.4 is 15.4 Å². The van der Waals surface area contributed by atoms with E-state index in [1.54, 1.807) is 18.4 Å². The fourth-order valence-corrected chi connectivity index (χ4v) is 2.87.